The summed E-state index contributed by atoms with van der Waals surface area (Å²) in [6.45, 7) is 6.51. The van der Waals surface area contributed by atoms with Crippen LogP contribution in [0, 0.1) is 12.8 Å². The first-order valence-electron chi connectivity index (χ1n) is 4.82. The largest absolute Gasteiger partial charge is 0.392 e. The summed E-state index contributed by atoms with van der Waals surface area (Å²) in [7, 11) is 0. The maximum absolute atomic E-state index is 8.92. The molecule has 2 nitrogen and oxygen atoms in total. The maximum atomic E-state index is 8.92. The van der Waals surface area contributed by atoms with Gasteiger partial charge in [-0.15, -0.1) is 11.8 Å². The van der Waals surface area contributed by atoms with Crippen molar-refractivity contribution in [3.63, 3.8) is 0 Å². The second-order valence-corrected chi connectivity index (χ2v) is 4.84. The zero-order chi connectivity index (χ0) is 10.6. The molecule has 78 valence electrons. The van der Waals surface area contributed by atoms with Gasteiger partial charge in [-0.2, -0.15) is 0 Å². The van der Waals surface area contributed by atoms with Crippen molar-refractivity contribution in [1.29, 1.82) is 0 Å². The summed E-state index contributed by atoms with van der Waals surface area (Å²) in [6, 6.07) is 2.00. The van der Waals surface area contributed by atoms with Gasteiger partial charge in [0.2, 0.25) is 0 Å². The third kappa shape index (κ3) is 3.31. The first kappa shape index (κ1) is 11.5. The van der Waals surface area contributed by atoms with Crippen molar-refractivity contribution in [2.45, 2.75) is 32.4 Å². The molecule has 1 heterocycles. The molecule has 1 rings (SSSR count). The first-order chi connectivity index (χ1) is 6.63. The molecule has 1 aromatic rings. The number of hydrogen-bond acceptors (Lipinski definition) is 3. The zero-order valence-corrected chi connectivity index (χ0v) is 9.77. The van der Waals surface area contributed by atoms with Crippen molar-refractivity contribution in [2.75, 3.05) is 5.75 Å². The van der Waals surface area contributed by atoms with Gasteiger partial charge in [0.05, 0.1) is 11.6 Å². The van der Waals surface area contributed by atoms with Gasteiger partial charge in [0.15, 0.2) is 0 Å². The Morgan fingerprint density at radius 3 is 2.71 bits per heavy atom. The van der Waals surface area contributed by atoms with Crippen LogP contribution in [0.25, 0.3) is 0 Å². The molecule has 0 aliphatic heterocycles. The monoisotopic (exact) mass is 211 g/mol. The summed E-state index contributed by atoms with van der Waals surface area (Å²) in [5, 5.41) is 10.0. The smallest absolute Gasteiger partial charge is 0.0989 e. The van der Waals surface area contributed by atoms with Crippen molar-refractivity contribution in [2.24, 2.45) is 5.92 Å². The van der Waals surface area contributed by atoms with Crippen LogP contribution in [-0.4, -0.2) is 15.8 Å². The molecule has 0 unspecified atom stereocenters. The van der Waals surface area contributed by atoms with Gasteiger partial charge in [-0.05, 0) is 30.0 Å². The van der Waals surface area contributed by atoms with Gasteiger partial charge in [-0.25, -0.2) is 4.98 Å². The van der Waals surface area contributed by atoms with Gasteiger partial charge in [0, 0.05) is 11.9 Å². The van der Waals surface area contributed by atoms with Crippen molar-refractivity contribution in [3.05, 3.63) is 23.4 Å². The van der Waals surface area contributed by atoms with Gasteiger partial charge in [-0.3, -0.25) is 0 Å². The lowest BCUT2D eigenvalue weighted by Crippen LogP contribution is -1.95. The van der Waals surface area contributed by atoms with E-state index in [0.29, 0.717) is 5.92 Å². The standard InChI is InChI=1S/C11H17NOS/c1-8(2)7-14-11-9(3)4-10(6-13)5-12-11/h4-5,8,13H,6-7H2,1-3H3. The molecule has 3 heteroatoms. The lowest BCUT2D eigenvalue weighted by atomic mass is 10.2. The molecule has 0 spiro atoms. The molecule has 0 aliphatic carbocycles. The Morgan fingerprint density at radius 2 is 2.21 bits per heavy atom. The Labute approximate surface area is 89.8 Å². The van der Waals surface area contributed by atoms with Crippen LogP contribution in [0.4, 0.5) is 0 Å². The molecule has 1 N–H and O–H groups in total. The van der Waals surface area contributed by atoms with Gasteiger partial charge in [0.1, 0.15) is 0 Å². The molecule has 0 fully saturated rings. The number of pyridine rings is 1. The van der Waals surface area contributed by atoms with E-state index in [4.69, 9.17) is 5.11 Å². The fourth-order valence-electron chi connectivity index (χ4n) is 1.10. The maximum Gasteiger partial charge on any atom is 0.0989 e. The average Bonchev–Trinajstić information content (AvgIpc) is 2.15. The number of thioether (sulfide) groups is 1. The van der Waals surface area contributed by atoms with Crippen molar-refractivity contribution in [1.82, 2.24) is 4.98 Å². The number of hydrogen-bond donors (Lipinski definition) is 1. The summed E-state index contributed by atoms with van der Waals surface area (Å²) in [6.07, 6.45) is 1.75. The number of aryl methyl sites for hydroxylation is 1. The minimum Gasteiger partial charge on any atom is -0.392 e. The summed E-state index contributed by atoms with van der Waals surface area (Å²) in [5.74, 6) is 1.77. The molecule has 0 atom stereocenters. The van der Waals surface area contributed by atoms with Gasteiger partial charge >= 0.3 is 0 Å². The van der Waals surface area contributed by atoms with E-state index < -0.39 is 0 Å². The van der Waals surface area contributed by atoms with Gasteiger partial charge in [-0.1, -0.05) is 13.8 Å². The summed E-state index contributed by atoms with van der Waals surface area (Å²) in [4.78, 5) is 4.32. The Bertz CT molecular complexity index is 299. The van der Waals surface area contributed by atoms with Crippen molar-refractivity contribution in [3.8, 4) is 0 Å². The third-order valence-corrected chi connectivity index (χ3v) is 3.36. The van der Waals surface area contributed by atoms with Crippen LogP contribution < -0.4 is 0 Å². The highest BCUT2D eigenvalue weighted by molar-refractivity contribution is 7.99. The number of aliphatic hydroxyl groups is 1. The highest BCUT2D eigenvalue weighted by atomic mass is 32.2. The molecule has 0 saturated heterocycles. The van der Waals surface area contributed by atoms with Crippen LogP contribution in [0.15, 0.2) is 17.3 Å². The summed E-state index contributed by atoms with van der Waals surface area (Å²) >= 11 is 1.78. The van der Waals surface area contributed by atoms with Gasteiger partial charge in [0.25, 0.3) is 0 Å². The third-order valence-electron chi connectivity index (χ3n) is 1.82. The average molecular weight is 211 g/mol. The van der Waals surface area contributed by atoms with E-state index in [9.17, 15) is 0 Å². The van der Waals surface area contributed by atoms with Gasteiger partial charge < -0.3 is 5.11 Å². The Hall–Kier alpha value is -0.540. The first-order valence-corrected chi connectivity index (χ1v) is 5.81. The quantitative estimate of drug-likeness (QED) is 0.777. The van der Waals surface area contributed by atoms with Crippen LogP contribution in [0.3, 0.4) is 0 Å². The number of aliphatic hydroxyl groups excluding tert-OH is 1. The van der Waals surface area contributed by atoms with E-state index in [2.05, 4.69) is 18.8 Å². The molecule has 0 bridgehead atoms. The lowest BCUT2D eigenvalue weighted by molar-refractivity contribution is 0.281. The predicted molar refractivity (Wildman–Crippen MR) is 60.5 cm³/mol. The molecule has 0 radical (unpaired) electrons. The van der Waals surface area contributed by atoms with Crippen LogP contribution >= 0.6 is 11.8 Å². The van der Waals surface area contributed by atoms with E-state index in [-0.39, 0.29) is 6.61 Å². The second kappa shape index (κ2) is 5.37. The molecule has 0 saturated carbocycles. The van der Waals surface area contributed by atoms with Crippen LogP contribution in [-0.2, 0) is 6.61 Å². The predicted octanol–water partition coefficient (Wildman–Crippen LogP) is 2.63. The normalized spacial score (nSPS) is 10.9. The number of nitrogens with zero attached hydrogens (tertiary/aromatic N) is 1. The number of aromatic nitrogens is 1. The van der Waals surface area contributed by atoms with E-state index in [0.717, 1.165) is 21.9 Å². The van der Waals surface area contributed by atoms with E-state index >= 15 is 0 Å². The SMILES string of the molecule is Cc1cc(CO)cnc1SCC(C)C. The Morgan fingerprint density at radius 1 is 1.50 bits per heavy atom. The topological polar surface area (TPSA) is 33.1 Å². The Kier molecular flexibility index (Phi) is 4.42. The van der Waals surface area contributed by atoms with Crippen molar-refractivity contribution < 1.29 is 5.11 Å². The van der Waals surface area contributed by atoms with E-state index in [1.54, 1.807) is 18.0 Å². The number of rotatable bonds is 4. The Balaban J connectivity index is 2.69. The minimum atomic E-state index is 0.0724. The molecule has 0 aromatic carbocycles. The van der Waals surface area contributed by atoms with E-state index in [1.165, 1.54) is 0 Å². The molecular weight excluding hydrogens is 194 g/mol. The molecule has 0 aliphatic rings. The van der Waals surface area contributed by atoms with Crippen molar-refractivity contribution >= 4 is 11.8 Å². The zero-order valence-electron chi connectivity index (χ0n) is 8.95. The highest BCUT2D eigenvalue weighted by Gasteiger charge is 2.03. The van der Waals surface area contributed by atoms with Crippen LogP contribution in [0.2, 0.25) is 0 Å². The lowest BCUT2D eigenvalue weighted by Gasteiger charge is -2.07. The molecule has 1 aromatic heterocycles. The van der Waals surface area contributed by atoms with Crippen LogP contribution in [0.1, 0.15) is 25.0 Å². The molecule has 14 heavy (non-hydrogen) atoms. The van der Waals surface area contributed by atoms with E-state index in [1.807, 2.05) is 13.0 Å². The fraction of sp³-hybridized carbons (Fsp3) is 0.545. The molecular formula is C11H17NOS. The van der Waals surface area contributed by atoms with Crippen LogP contribution in [0.5, 0.6) is 0 Å². The summed E-state index contributed by atoms with van der Waals surface area (Å²) < 4.78 is 0. The second-order valence-electron chi connectivity index (χ2n) is 3.83. The highest BCUT2D eigenvalue weighted by Crippen LogP contribution is 2.22. The minimum absolute atomic E-state index is 0.0724. The fourth-order valence-corrected chi connectivity index (χ4v) is 2.01. The summed E-state index contributed by atoms with van der Waals surface area (Å²) in [5.41, 5.74) is 2.04. The molecule has 0 amide bonds.